The molecule has 6 rings (SSSR count). The summed E-state index contributed by atoms with van der Waals surface area (Å²) in [4.78, 5) is 24.7. The van der Waals surface area contributed by atoms with Gasteiger partial charge in [-0.3, -0.25) is 4.79 Å². The van der Waals surface area contributed by atoms with E-state index in [0.29, 0.717) is 24.2 Å². The molecule has 8 atom stereocenters. The summed E-state index contributed by atoms with van der Waals surface area (Å²) in [7, 11) is 0. The minimum atomic E-state index is -0.544. The minimum Gasteiger partial charge on any atom is -0.393 e. The summed E-state index contributed by atoms with van der Waals surface area (Å²) in [5.41, 5.74) is 0.342. The summed E-state index contributed by atoms with van der Waals surface area (Å²) in [6, 6.07) is 0. The zero-order chi connectivity index (χ0) is 22.2. The third kappa shape index (κ3) is 2.74. The van der Waals surface area contributed by atoms with Gasteiger partial charge in [-0.05, 0) is 73.2 Å². The van der Waals surface area contributed by atoms with Crippen LogP contribution >= 0.6 is 0 Å². The molecule has 2 spiro atoms. The molecule has 2 saturated carbocycles. The van der Waals surface area contributed by atoms with Crippen LogP contribution in [-0.2, 0) is 14.6 Å². The van der Waals surface area contributed by atoms with Gasteiger partial charge in [-0.25, -0.2) is 9.78 Å². The molecule has 2 aliphatic heterocycles. The number of ketones is 1. The summed E-state index contributed by atoms with van der Waals surface area (Å²) in [6.07, 6.45) is 16.2. The van der Waals surface area contributed by atoms with Gasteiger partial charge >= 0.3 is 0 Å². The van der Waals surface area contributed by atoms with E-state index in [4.69, 9.17) is 9.78 Å². The standard InChI is InChI=1S/C27H38O4/c1-17(2)21(29)8-6-18(3)20-7-9-22-24(20,4)12-11-23-25(5)13-10-19(28)16-26(25)14-15-27(22,23)31-30-26/h6,8,11,14-15,17-20,22,28H,7,9-10,12-13,16H2,1-5H3/b8-6+/t18-,19+,20-,22?,24-,25-,26-,27+/m1/s1. The highest BCUT2D eigenvalue weighted by molar-refractivity contribution is 5.91. The van der Waals surface area contributed by atoms with Crippen LogP contribution < -0.4 is 0 Å². The second-order valence-corrected chi connectivity index (χ2v) is 11.8. The van der Waals surface area contributed by atoms with Crippen molar-refractivity contribution in [2.24, 2.45) is 34.5 Å². The first-order valence-corrected chi connectivity index (χ1v) is 12.3. The molecule has 1 N–H and O–H groups in total. The van der Waals surface area contributed by atoms with Crippen LogP contribution in [0.25, 0.3) is 0 Å². The van der Waals surface area contributed by atoms with Crippen molar-refractivity contribution in [1.29, 1.82) is 0 Å². The summed E-state index contributed by atoms with van der Waals surface area (Å²) < 4.78 is 0. The van der Waals surface area contributed by atoms with Gasteiger partial charge in [0.1, 0.15) is 11.2 Å². The first-order chi connectivity index (χ1) is 14.6. The Morgan fingerprint density at radius 3 is 2.61 bits per heavy atom. The molecule has 3 fully saturated rings. The van der Waals surface area contributed by atoms with Crippen molar-refractivity contribution in [1.82, 2.24) is 0 Å². The van der Waals surface area contributed by atoms with Crippen molar-refractivity contribution in [2.45, 2.75) is 90.4 Å². The molecule has 0 radical (unpaired) electrons. The Hall–Kier alpha value is -1.23. The average Bonchev–Trinajstić information content (AvgIpc) is 3.09. The number of allylic oxidation sites excluding steroid dienone is 3. The predicted octanol–water partition coefficient (Wildman–Crippen LogP) is 5.33. The molecule has 170 valence electrons. The topological polar surface area (TPSA) is 55.8 Å². The van der Waals surface area contributed by atoms with Crippen molar-refractivity contribution in [2.75, 3.05) is 0 Å². The number of carbonyl (C=O) groups is 1. The van der Waals surface area contributed by atoms with Gasteiger partial charge in [0, 0.05) is 23.7 Å². The van der Waals surface area contributed by atoms with Gasteiger partial charge in [0.2, 0.25) is 0 Å². The first-order valence-electron chi connectivity index (χ1n) is 12.3. The minimum absolute atomic E-state index is 0.0459. The third-order valence-corrected chi connectivity index (χ3v) is 9.84. The Morgan fingerprint density at radius 2 is 1.94 bits per heavy atom. The quantitative estimate of drug-likeness (QED) is 0.375. The Kier molecular flexibility index (Phi) is 4.80. The van der Waals surface area contributed by atoms with E-state index >= 15 is 0 Å². The molecule has 4 heteroatoms. The zero-order valence-corrected chi connectivity index (χ0v) is 19.7. The molecular weight excluding hydrogens is 388 g/mol. The molecule has 0 aromatic rings. The monoisotopic (exact) mass is 426 g/mol. The predicted molar refractivity (Wildman–Crippen MR) is 120 cm³/mol. The molecule has 2 heterocycles. The second kappa shape index (κ2) is 6.88. The molecule has 0 aromatic carbocycles. The lowest BCUT2D eigenvalue weighted by Gasteiger charge is -2.66. The van der Waals surface area contributed by atoms with E-state index in [9.17, 15) is 9.90 Å². The Bertz CT molecular complexity index is 870. The van der Waals surface area contributed by atoms with Crippen LogP contribution in [0.15, 0.2) is 36.0 Å². The Morgan fingerprint density at radius 1 is 1.16 bits per heavy atom. The highest BCUT2D eigenvalue weighted by Crippen LogP contribution is 2.71. The average molecular weight is 427 g/mol. The molecule has 2 bridgehead atoms. The number of rotatable bonds is 4. The number of hydrogen-bond acceptors (Lipinski definition) is 4. The SMILES string of the molecule is CC(C)C(=O)/C=C/[C@@H](C)[C@H]1CCC2[C@]1(C)CC=C1[C@]23C=C[C@]2(C[C@@H](O)CC[C@]12C)OO3. The van der Waals surface area contributed by atoms with Crippen molar-refractivity contribution in [3.05, 3.63) is 36.0 Å². The number of hydrogen-bond donors (Lipinski definition) is 1. The largest absolute Gasteiger partial charge is 0.393 e. The van der Waals surface area contributed by atoms with Gasteiger partial charge in [0.05, 0.1) is 6.10 Å². The molecule has 1 unspecified atom stereocenters. The van der Waals surface area contributed by atoms with Crippen LogP contribution in [0.4, 0.5) is 0 Å². The number of carbonyl (C=O) groups excluding carboxylic acids is 1. The first kappa shape index (κ1) is 21.6. The summed E-state index contributed by atoms with van der Waals surface area (Å²) in [5, 5.41) is 10.4. The number of fused-ring (bicyclic) bond motifs is 2. The second-order valence-electron chi connectivity index (χ2n) is 11.8. The zero-order valence-electron chi connectivity index (χ0n) is 19.7. The van der Waals surface area contributed by atoms with Gasteiger partial charge in [-0.15, -0.1) is 0 Å². The fourth-order valence-electron chi connectivity index (χ4n) is 7.88. The molecule has 4 aliphatic carbocycles. The van der Waals surface area contributed by atoms with Crippen LogP contribution in [0.2, 0.25) is 0 Å². The van der Waals surface area contributed by atoms with Crippen molar-refractivity contribution in [3.63, 3.8) is 0 Å². The van der Waals surface area contributed by atoms with Crippen LogP contribution in [0, 0.1) is 34.5 Å². The molecule has 0 amide bonds. The van der Waals surface area contributed by atoms with Gasteiger partial charge < -0.3 is 5.11 Å². The van der Waals surface area contributed by atoms with E-state index in [1.807, 2.05) is 13.8 Å². The van der Waals surface area contributed by atoms with Gasteiger partial charge in [0.25, 0.3) is 0 Å². The van der Waals surface area contributed by atoms with Gasteiger partial charge in [0.15, 0.2) is 5.78 Å². The molecule has 31 heavy (non-hydrogen) atoms. The van der Waals surface area contributed by atoms with E-state index in [1.54, 1.807) is 6.08 Å². The maximum absolute atomic E-state index is 12.1. The number of aliphatic hydroxyl groups is 1. The number of aliphatic hydroxyl groups excluding tert-OH is 1. The van der Waals surface area contributed by atoms with Crippen LogP contribution in [0.1, 0.15) is 73.1 Å². The van der Waals surface area contributed by atoms with E-state index in [-0.39, 0.29) is 28.6 Å². The Balaban J connectivity index is 1.49. The normalized spacial score (nSPS) is 49.0. The fourth-order valence-corrected chi connectivity index (χ4v) is 7.88. The van der Waals surface area contributed by atoms with Crippen LogP contribution in [0.5, 0.6) is 0 Å². The maximum Gasteiger partial charge on any atom is 0.157 e. The van der Waals surface area contributed by atoms with E-state index in [0.717, 1.165) is 32.1 Å². The van der Waals surface area contributed by atoms with E-state index in [1.165, 1.54) is 5.57 Å². The highest BCUT2D eigenvalue weighted by Gasteiger charge is 2.71. The van der Waals surface area contributed by atoms with Crippen LogP contribution in [0.3, 0.4) is 0 Å². The molecule has 6 aliphatic rings. The summed E-state index contributed by atoms with van der Waals surface area (Å²) in [5.74, 6) is 1.47. The maximum atomic E-state index is 12.1. The highest BCUT2D eigenvalue weighted by atomic mass is 17.2. The molecular formula is C27H38O4. The smallest absolute Gasteiger partial charge is 0.157 e. The van der Waals surface area contributed by atoms with Crippen LogP contribution in [-0.4, -0.2) is 28.2 Å². The van der Waals surface area contributed by atoms with E-state index in [2.05, 4.69) is 45.1 Å². The molecule has 4 nitrogen and oxygen atoms in total. The van der Waals surface area contributed by atoms with Crippen molar-refractivity contribution in [3.8, 4) is 0 Å². The van der Waals surface area contributed by atoms with E-state index < -0.39 is 11.2 Å². The lowest BCUT2D eigenvalue weighted by atomic mass is 9.47. The van der Waals surface area contributed by atoms with Crippen molar-refractivity contribution >= 4 is 5.78 Å². The fraction of sp³-hybridized carbons (Fsp3) is 0.741. The summed E-state index contributed by atoms with van der Waals surface area (Å²) >= 11 is 0. The summed E-state index contributed by atoms with van der Waals surface area (Å²) in [6.45, 7) is 10.9. The lowest BCUT2D eigenvalue weighted by Crippen LogP contribution is -2.69. The molecule has 1 saturated heterocycles. The van der Waals surface area contributed by atoms with Crippen molar-refractivity contribution < 1.29 is 19.7 Å². The lowest BCUT2D eigenvalue weighted by molar-refractivity contribution is -0.455. The molecule has 0 aromatic heterocycles. The Labute approximate surface area is 186 Å². The van der Waals surface area contributed by atoms with Gasteiger partial charge in [-0.2, -0.15) is 0 Å². The third-order valence-electron chi connectivity index (χ3n) is 9.84. The van der Waals surface area contributed by atoms with Gasteiger partial charge in [-0.1, -0.05) is 46.8 Å².